The van der Waals surface area contributed by atoms with Gasteiger partial charge in [-0.15, -0.1) is 0 Å². The minimum atomic E-state index is -0.654. The third-order valence-corrected chi connectivity index (χ3v) is 6.68. The van der Waals surface area contributed by atoms with Crippen LogP contribution in [0.5, 0.6) is 0 Å². The van der Waals surface area contributed by atoms with Gasteiger partial charge in [0.05, 0.1) is 24.4 Å². The predicted octanol–water partition coefficient (Wildman–Crippen LogP) is 2.87. The van der Waals surface area contributed by atoms with Crippen molar-refractivity contribution in [1.82, 2.24) is 15.6 Å². The molecule has 2 aliphatic carbocycles. The summed E-state index contributed by atoms with van der Waals surface area (Å²) in [5.41, 5.74) is 6.06. The summed E-state index contributed by atoms with van der Waals surface area (Å²) in [5.74, 6) is 1.39. The van der Waals surface area contributed by atoms with Gasteiger partial charge in [-0.2, -0.15) is 0 Å². The van der Waals surface area contributed by atoms with Gasteiger partial charge in [0.15, 0.2) is 0 Å². The first-order valence-corrected chi connectivity index (χ1v) is 9.85. The van der Waals surface area contributed by atoms with Crippen molar-refractivity contribution in [2.75, 3.05) is 6.61 Å². The number of rotatable bonds is 2. The van der Waals surface area contributed by atoms with Crippen LogP contribution in [0.25, 0.3) is 5.57 Å². The topological polar surface area (TPSA) is 67.6 Å². The minimum absolute atomic E-state index is 0.0382. The number of nitrogens with zero attached hydrogens (tertiary/aromatic N) is 2. The predicted molar refractivity (Wildman–Crippen MR) is 105 cm³/mol. The SMILES string of the molecule is Cc1noc(C)c1C1=CC=C2C(=O)NN3C(C4C=CC=CC4C)COC1(C)C23. The Labute approximate surface area is 164 Å². The van der Waals surface area contributed by atoms with E-state index in [1.807, 2.05) is 26.0 Å². The summed E-state index contributed by atoms with van der Waals surface area (Å²) in [6.07, 6.45) is 12.5. The summed E-state index contributed by atoms with van der Waals surface area (Å²) < 4.78 is 12.0. The van der Waals surface area contributed by atoms with Crippen molar-refractivity contribution in [3.05, 3.63) is 59.0 Å². The molecule has 6 heteroatoms. The van der Waals surface area contributed by atoms with Crippen molar-refractivity contribution in [1.29, 1.82) is 0 Å². The molecule has 0 spiro atoms. The molecule has 1 N–H and O–H groups in total. The fourth-order valence-electron chi connectivity index (χ4n) is 5.21. The van der Waals surface area contributed by atoms with Crippen LogP contribution in [0.1, 0.15) is 30.9 Å². The number of carbonyl (C=O) groups is 1. The molecule has 5 unspecified atom stereocenters. The van der Waals surface area contributed by atoms with Gasteiger partial charge >= 0.3 is 0 Å². The van der Waals surface area contributed by atoms with Crippen LogP contribution >= 0.6 is 0 Å². The van der Waals surface area contributed by atoms with Gasteiger partial charge in [0.25, 0.3) is 5.91 Å². The zero-order valence-corrected chi connectivity index (χ0v) is 16.6. The van der Waals surface area contributed by atoms with E-state index in [2.05, 4.69) is 53.7 Å². The highest BCUT2D eigenvalue weighted by Gasteiger charge is 2.58. The molecule has 5 atom stereocenters. The number of hydrogen-bond acceptors (Lipinski definition) is 5. The zero-order valence-electron chi connectivity index (χ0n) is 16.6. The molecule has 0 aromatic carbocycles. The molecule has 1 aromatic rings. The summed E-state index contributed by atoms with van der Waals surface area (Å²) >= 11 is 0. The fraction of sp³-hybridized carbons (Fsp3) is 0.455. The standard InChI is InChI=1S/C22H25N3O3/c1-12-7-5-6-8-15(12)18-11-27-22(4)17(19-13(2)24-28-14(19)3)10-9-16-20(22)25(18)23-21(16)26/h5-10,12,15,18,20H,11H2,1-4H3,(H,23,26). The Morgan fingerprint density at radius 2 is 2.04 bits per heavy atom. The van der Waals surface area contributed by atoms with Crippen LogP contribution in [-0.2, 0) is 9.53 Å². The van der Waals surface area contributed by atoms with Crippen LogP contribution in [0.2, 0.25) is 0 Å². The van der Waals surface area contributed by atoms with Gasteiger partial charge in [0.1, 0.15) is 11.4 Å². The average molecular weight is 379 g/mol. The smallest absolute Gasteiger partial charge is 0.263 e. The van der Waals surface area contributed by atoms with Crippen LogP contribution in [0.4, 0.5) is 0 Å². The number of ether oxygens (including phenoxy) is 1. The summed E-state index contributed by atoms with van der Waals surface area (Å²) in [4.78, 5) is 12.8. The highest BCUT2D eigenvalue weighted by Crippen LogP contribution is 2.49. The Morgan fingerprint density at radius 1 is 1.25 bits per heavy atom. The van der Waals surface area contributed by atoms with E-state index in [1.165, 1.54) is 0 Å². The van der Waals surface area contributed by atoms with Crippen LogP contribution in [0.3, 0.4) is 0 Å². The van der Waals surface area contributed by atoms with Crippen LogP contribution in [-0.4, -0.2) is 40.4 Å². The fourth-order valence-corrected chi connectivity index (χ4v) is 5.21. The largest absolute Gasteiger partial charge is 0.367 e. The molecule has 4 aliphatic rings. The van der Waals surface area contributed by atoms with Crippen LogP contribution < -0.4 is 5.43 Å². The molecule has 2 aliphatic heterocycles. The molecule has 2 fully saturated rings. The quantitative estimate of drug-likeness (QED) is 0.856. The Kier molecular flexibility index (Phi) is 3.80. The molecule has 5 rings (SSSR count). The summed E-state index contributed by atoms with van der Waals surface area (Å²) in [6, 6.07) is -0.105. The second-order valence-electron chi connectivity index (χ2n) is 8.34. The number of amides is 1. The molecular formula is C22H25N3O3. The molecule has 2 saturated heterocycles. The first kappa shape index (κ1) is 17.6. The Morgan fingerprint density at radius 3 is 2.75 bits per heavy atom. The van der Waals surface area contributed by atoms with E-state index in [1.54, 1.807) is 0 Å². The molecule has 0 bridgehead atoms. The number of aromatic nitrogens is 1. The minimum Gasteiger partial charge on any atom is -0.367 e. The molecule has 0 radical (unpaired) electrons. The van der Waals surface area contributed by atoms with E-state index in [0.29, 0.717) is 12.5 Å². The first-order chi connectivity index (χ1) is 13.4. The van der Waals surface area contributed by atoms with Crippen LogP contribution in [0.15, 0.2) is 46.6 Å². The Bertz CT molecular complexity index is 950. The van der Waals surface area contributed by atoms with Gasteiger partial charge in [-0.05, 0) is 32.3 Å². The second kappa shape index (κ2) is 6.03. The van der Waals surface area contributed by atoms with E-state index < -0.39 is 5.60 Å². The third kappa shape index (κ3) is 2.28. The number of hydrazine groups is 1. The highest BCUT2D eigenvalue weighted by molar-refractivity contribution is 6.00. The third-order valence-electron chi connectivity index (χ3n) is 6.68. The molecule has 28 heavy (non-hydrogen) atoms. The van der Waals surface area contributed by atoms with Crippen molar-refractivity contribution in [3.63, 3.8) is 0 Å². The number of nitrogens with one attached hydrogen (secondary N) is 1. The number of hydrogen-bond donors (Lipinski definition) is 1. The van der Waals surface area contributed by atoms with Crippen LogP contribution in [0, 0.1) is 25.7 Å². The monoisotopic (exact) mass is 379 g/mol. The highest BCUT2D eigenvalue weighted by atomic mass is 16.5. The lowest BCUT2D eigenvalue weighted by atomic mass is 9.73. The van der Waals surface area contributed by atoms with E-state index in [-0.39, 0.29) is 23.9 Å². The first-order valence-electron chi connectivity index (χ1n) is 9.85. The normalized spacial score (nSPS) is 36.8. The number of aryl methyl sites for hydroxylation is 2. The Balaban J connectivity index is 1.58. The lowest BCUT2D eigenvalue weighted by Crippen LogP contribution is -2.65. The number of carbonyl (C=O) groups excluding carboxylic acids is 1. The number of morpholine rings is 1. The van der Waals surface area contributed by atoms with Crippen molar-refractivity contribution < 1.29 is 14.1 Å². The molecule has 1 aromatic heterocycles. The maximum absolute atomic E-state index is 12.8. The maximum atomic E-state index is 12.8. The second-order valence-corrected chi connectivity index (χ2v) is 8.34. The van der Waals surface area contributed by atoms with Gasteiger partial charge in [-0.1, -0.05) is 48.5 Å². The maximum Gasteiger partial charge on any atom is 0.263 e. The van der Waals surface area contributed by atoms with Crippen molar-refractivity contribution in [3.8, 4) is 0 Å². The molecule has 3 heterocycles. The lowest BCUT2D eigenvalue weighted by molar-refractivity contribution is -0.142. The van der Waals surface area contributed by atoms with E-state index >= 15 is 0 Å². The Hall–Kier alpha value is -2.44. The average Bonchev–Trinajstić information content (AvgIpc) is 3.18. The van der Waals surface area contributed by atoms with Gasteiger partial charge in [-0.25, -0.2) is 5.01 Å². The van der Waals surface area contributed by atoms with Crippen molar-refractivity contribution >= 4 is 11.5 Å². The van der Waals surface area contributed by atoms with E-state index in [9.17, 15) is 4.79 Å². The summed E-state index contributed by atoms with van der Waals surface area (Å²) in [5, 5.41) is 6.25. The van der Waals surface area contributed by atoms with Gasteiger partial charge in [-0.3, -0.25) is 10.2 Å². The van der Waals surface area contributed by atoms with Crippen molar-refractivity contribution in [2.24, 2.45) is 11.8 Å². The van der Waals surface area contributed by atoms with Gasteiger partial charge < -0.3 is 9.26 Å². The van der Waals surface area contributed by atoms with Gasteiger partial charge in [0, 0.05) is 17.1 Å². The molecule has 146 valence electrons. The van der Waals surface area contributed by atoms with E-state index in [0.717, 1.165) is 28.2 Å². The molecule has 1 amide bonds. The molecule has 0 saturated carbocycles. The van der Waals surface area contributed by atoms with Crippen molar-refractivity contribution in [2.45, 2.75) is 45.4 Å². The van der Waals surface area contributed by atoms with Gasteiger partial charge in [0.2, 0.25) is 0 Å². The zero-order chi connectivity index (χ0) is 19.6. The molecule has 6 nitrogen and oxygen atoms in total. The summed E-state index contributed by atoms with van der Waals surface area (Å²) in [7, 11) is 0. The van der Waals surface area contributed by atoms with E-state index in [4.69, 9.17) is 9.26 Å². The lowest BCUT2D eigenvalue weighted by Gasteiger charge is -2.51. The molecular weight excluding hydrogens is 354 g/mol. The number of allylic oxidation sites excluding steroid dienone is 5. The summed E-state index contributed by atoms with van der Waals surface area (Å²) in [6.45, 7) is 8.68.